The number of nitrogens with one attached hydrogen (secondary N) is 3. The number of imide groups is 1. The summed E-state index contributed by atoms with van der Waals surface area (Å²) in [5.41, 5.74) is -0.864. The Morgan fingerprint density at radius 3 is 2.65 bits per heavy atom. The number of likely N-dealkylation sites (tertiary alicyclic amines) is 1. The van der Waals surface area contributed by atoms with Gasteiger partial charge in [-0.1, -0.05) is 0 Å². The summed E-state index contributed by atoms with van der Waals surface area (Å²) in [6.45, 7) is 4.25. The monoisotopic (exact) mass is 324 g/mol. The molecule has 0 bridgehead atoms. The molecule has 0 aromatic rings. The Hall–Kier alpha value is -1.83. The first kappa shape index (κ1) is 16.0. The summed E-state index contributed by atoms with van der Waals surface area (Å²) in [5.74, 6) is -0.236. The molecule has 8 nitrogen and oxygen atoms in total. The molecule has 0 saturated carbocycles. The number of piperidine rings is 1. The standard InChI is InChI=1S/C15H24N4O4/c1-15(12(20)17-13(21)18-15)10-4-6-19(7-5-10)14(22)16-9-11-3-2-8-23-11/h10-11H,2-9H2,1H3,(H,16,22)(H2,17,18,20,21)/t11-,15+/m1/s1. The zero-order chi connectivity index (χ0) is 16.4. The van der Waals surface area contributed by atoms with Gasteiger partial charge >= 0.3 is 12.1 Å². The second-order valence-corrected chi connectivity index (χ2v) is 6.69. The van der Waals surface area contributed by atoms with Crippen molar-refractivity contribution in [2.75, 3.05) is 26.2 Å². The summed E-state index contributed by atoms with van der Waals surface area (Å²) in [4.78, 5) is 37.3. The molecular formula is C15H24N4O4. The maximum absolute atomic E-state index is 12.2. The number of hydrogen-bond acceptors (Lipinski definition) is 4. The van der Waals surface area contributed by atoms with Crippen molar-refractivity contribution in [1.29, 1.82) is 0 Å². The Bertz CT molecular complexity index is 498. The summed E-state index contributed by atoms with van der Waals surface area (Å²) in [5, 5.41) is 7.93. The Balaban J connectivity index is 1.47. The van der Waals surface area contributed by atoms with Crippen molar-refractivity contribution in [3.8, 4) is 0 Å². The molecule has 3 saturated heterocycles. The first-order chi connectivity index (χ1) is 11.0. The molecule has 0 aromatic heterocycles. The van der Waals surface area contributed by atoms with E-state index in [4.69, 9.17) is 4.74 Å². The average molecular weight is 324 g/mol. The predicted octanol–water partition coefficient (Wildman–Crippen LogP) is 0.185. The molecule has 3 fully saturated rings. The van der Waals surface area contributed by atoms with Gasteiger partial charge in [-0.2, -0.15) is 0 Å². The van der Waals surface area contributed by atoms with Gasteiger partial charge in [0.05, 0.1) is 6.10 Å². The largest absolute Gasteiger partial charge is 0.376 e. The third-order valence-electron chi connectivity index (χ3n) is 5.18. The minimum Gasteiger partial charge on any atom is -0.376 e. The maximum atomic E-state index is 12.2. The number of ether oxygens (including phenoxy) is 1. The van der Waals surface area contributed by atoms with Crippen LogP contribution < -0.4 is 16.0 Å². The van der Waals surface area contributed by atoms with E-state index in [0.29, 0.717) is 32.5 Å². The van der Waals surface area contributed by atoms with Gasteiger partial charge in [0.15, 0.2) is 0 Å². The fourth-order valence-electron chi connectivity index (χ4n) is 3.62. The molecule has 3 heterocycles. The van der Waals surface area contributed by atoms with Gasteiger partial charge in [-0.15, -0.1) is 0 Å². The number of carbonyl (C=O) groups excluding carboxylic acids is 3. The summed E-state index contributed by atoms with van der Waals surface area (Å²) < 4.78 is 5.49. The number of rotatable bonds is 3. The predicted molar refractivity (Wildman–Crippen MR) is 81.7 cm³/mol. The Labute approximate surface area is 135 Å². The fourth-order valence-corrected chi connectivity index (χ4v) is 3.62. The molecule has 23 heavy (non-hydrogen) atoms. The zero-order valence-corrected chi connectivity index (χ0v) is 13.4. The minimum absolute atomic E-state index is 0.0381. The van der Waals surface area contributed by atoms with E-state index in [1.54, 1.807) is 11.8 Å². The second kappa shape index (κ2) is 6.35. The van der Waals surface area contributed by atoms with E-state index in [9.17, 15) is 14.4 Å². The molecule has 3 aliphatic rings. The molecule has 128 valence electrons. The van der Waals surface area contributed by atoms with Crippen molar-refractivity contribution in [3.63, 3.8) is 0 Å². The van der Waals surface area contributed by atoms with Crippen LogP contribution >= 0.6 is 0 Å². The summed E-state index contributed by atoms with van der Waals surface area (Å²) in [6, 6.07) is -0.516. The van der Waals surface area contributed by atoms with Crippen LogP contribution in [0, 0.1) is 5.92 Å². The molecule has 3 N–H and O–H groups in total. The summed E-state index contributed by atoms with van der Waals surface area (Å²) in [6.07, 6.45) is 3.57. The average Bonchev–Trinajstić information content (AvgIpc) is 3.14. The smallest absolute Gasteiger partial charge is 0.322 e. The van der Waals surface area contributed by atoms with Crippen LogP contribution in [0.2, 0.25) is 0 Å². The molecule has 3 aliphatic heterocycles. The van der Waals surface area contributed by atoms with Crippen LogP contribution in [0.1, 0.15) is 32.6 Å². The van der Waals surface area contributed by atoms with E-state index < -0.39 is 11.6 Å². The van der Waals surface area contributed by atoms with Gasteiger partial charge in [-0.25, -0.2) is 9.59 Å². The van der Waals surface area contributed by atoms with E-state index in [1.807, 2.05) is 0 Å². The number of urea groups is 2. The first-order valence-electron chi connectivity index (χ1n) is 8.27. The third kappa shape index (κ3) is 3.26. The van der Waals surface area contributed by atoms with Gasteiger partial charge in [0.1, 0.15) is 5.54 Å². The summed E-state index contributed by atoms with van der Waals surface area (Å²) in [7, 11) is 0. The highest BCUT2D eigenvalue weighted by Gasteiger charge is 2.48. The fraction of sp³-hybridized carbons (Fsp3) is 0.800. The number of amides is 5. The van der Waals surface area contributed by atoms with Crippen LogP contribution in [0.4, 0.5) is 9.59 Å². The highest BCUT2D eigenvalue weighted by molar-refractivity contribution is 6.06. The molecule has 2 atom stereocenters. The van der Waals surface area contributed by atoms with E-state index in [0.717, 1.165) is 19.4 Å². The SMILES string of the molecule is C[C@@]1(C2CCN(C(=O)NC[C@H]3CCCO3)CC2)NC(=O)NC1=O. The Morgan fingerprint density at radius 2 is 2.09 bits per heavy atom. The lowest BCUT2D eigenvalue weighted by molar-refractivity contribution is -0.125. The van der Waals surface area contributed by atoms with Crippen LogP contribution in [-0.2, 0) is 9.53 Å². The lowest BCUT2D eigenvalue weighted by Gasteiger charge is -2.38. The van der Waals surface area contributed by atoms with Crippen LogP contribution in [0.3, 0.4) is 0 Å². The van der Waals surface area contributed by atoms with Gasteiger partial charge < -0.3 is 20.3 Å². The molecule has 0 aromatic carbocycles. The first-order valence-corrected chi connectivity index (χ1v) is 8.27. The van der Waals surface area contributed by atoms with Gasteiger partial charge in [-0.05, 0) is 38.5 Å². The molecule has 0 aliphatic carbocycles. The van der Waals surface area contributed by atoms with Gasteiger partial charge in [0, 0.05) is 26.2 Å². The molecule has 5 amide bonds. The Kier molecular flexibility index (Phi) is 4.43. The lowest BCUT2D eigenvalue weighted by Crippen LogP contribution is -2.55. The van der Waals surface area contributed by atoms with Crippen LogP contribution in [0.5, 0.6) is 0 Å². The van der Waals surface area contributed by atoms with Gasteiger partial charge in [0.25, 0.3) is 5.91 Å². The number of nitrogens with zero attached hydrogens (tertiary/aromatic N) is 1. The lowest BCUT2D eigenvalue weighted by atomic mass is 9.79. The highest BCUT2D eigenvalue weighted by atomic mass is 16.5. The van der Waals surface area contributed by atoms with Crippen molar-refractivity contribution < 1.29 is 19.1 Å². The van der Waals surface area contributed by atoms with Crippen LogP contribution in [-0.4, -0.2) is 60.8 Å². The quantitative estimate of drug-likeness (QED) is 0.645. The number of carbonyl (C=O) groups is 3. The molecule has 0 unspecified atom stereocenters. The topological polar surface area (TPSA) is 99.8 Å². The van der Waals surface area contributed by atoms with Crippen molar-refractivity contribution >= 4 is 18.0 Å². The molecule has 0 radical (unpaired) electrons. The van der Waals surface area contributed by atoms with Gasteiger partial charge in [-0.3, -0.25) is 10.1 Å². The number of hydrogen-bond donors (Lipinski definition) is 3. The van der Waals surface area contributed by atoms with Crippen molar-refractivity contribution in [2.45, 2.75) is 44.2 Å². The van der Waals surface area contributed by atoms with E-state index in [2.05, 4.69) is 16.0 Å². The molecule has 0 spiro atoms. The molecular weight excluding hydrogens is 300 g/mol. The highest BCUT2D eigenvalue weighted by Crippen LogP contribution is 2.30. The molecule has 8 heteroatoms. The zero-order valence-electron chi connectivity index (χ0n) is 13.4. The summed E-state index contributed by atoms with van der Waals surface area (Å²) >= 11 is 0. The van der Waals surface area contributed by atoms with Crippen LogP contribution in [0.15, 0.2) is 0 Å². The van der Waals surface area contributed by atoms with E-state index in [1.165, 1.54) is 0 Å². The van der Waals surface area contributed by atoms with Crippen molar-refractivity contribution in [2.24, 2.45) is 5.92 Å². The van der Waals surface area contributed by atoms with E-state index >= 15 is 0 Å². The van der Waals surface area contributed by atoms with Gasteiger partial charge in [0.2, 0.25) is 0 Å². The van der Waals surface area contributed by atoms with Crippen molar-refractivity contribution in [3.05, 3.63) is 0 Å². The minimum atomic E-state index is -0.864. The normalized spacial score (nSPS) is 31.9. The third-order valence-corrected chi connectivity index (χ3v) is 5.18. The van der Waals surface area contributed by atoms with Crippen molar-refractivity contribution in [1.82, 2.24) is 20.9 Å². The second-order valence-electron chi connectivity index (χ2n) is 6.69. The Morgan fingerprint density at radius 1 is 1.35 bits per heavy atom. The van der Waals surface area contributed by atoms with E-state index in [-0.39, 0.29) is 24.0 Å². The maximum Gasteiger partial charge on any atom is 0.322 e. The van der Waals surface area contributed by atoms with Crippen LogP contribution in [0.25, 0.3) is 0 Å². The molecule has 3 rings (SSSR count).